The highest BCUT2D eigenvalue weighted by Gasteiger charge is 2.25. The van der Waals surface area contributed by atoms with Gasteiger partial charge in [0.05, 0.1) is 12.1 Å². The molecule has 1 heterocycles. The van der Waals surface area contributed by atoms with Crippen molar-refractivity contribution in [2.24, 2.45) is 0 Å². The number of hydrogen-bond donors (Lipinski definition) is 2. The van der Waals surface area contributed by atoms with Crippen molar-refractivity contribution < 1.29 is 5.11 Å². The van der Waals surface area contributed by atoms with Crippen LogP contribution in [0.15, 0.2) is 0 Å². The molecule has 0 aromatic heterocycles. The summed E-state index contributed by atoms with van der Waals surface area (Å²) in [7, 11) is 0. The molecule has 0 spiro atoms. The van der Waals surface area contributed by atoms with E-state index in [4.69, 9.17) is 0 Å². The van der Waals surface area contributed by atoms with Crippen molar-refractivity contribution in [1.82, 2.24) is 10.2 Å². The summed E-state index contributed by atoms with van der Waals surface area (Å²) in [5.41, 5.74) is -0.130. The Morgan fingerprint density at radius 2 is 1.71 bits per heavy atom. The maximum Gasteiger partial charge on any atom is 0.0623 e. The van der Waals surface area contributed by atoms with Gasteiger partial charge in [0.2, 0.25) is 0 Å². The van der Waals surface area contributed by atoms with E-state index in [2.05, 4.69) is 24.1 Å². The molecule has 1 unspecified atom stereocenters. The summed E-state index contributed by atoms with van der Waals surface area (Å²) in [6.07, 6.45) is 7.89. The largest absolute Gasteiger partial charge is 0.394 e. The van der Waals surface area contributed by atoms with E-state index in [1.807, 2.05) is 0 Å². The average molecular weight is 242 g/mol. The molecule has 2 N–H and O–H groups in total. The average Bonchev–Trinajstić information content (AvgIpc) is 2.30. The molecular weight excluding hydrogens is 212 g/mol. The lowest BCUT2D eigenvalue weighted by Gasteiger charge is -2.36. The number of aliphatic hydroxyl groups is 1. The van der Waals surface area contributed by atoms with Crippen LogP contribution in [0.5, 0.6) is 0 Å². The van der Waals surface area contributed by atoms with Gasteiger partial charge in [-0.2, -0.15) is 0 Å². The molecule has 3 nitrogen and oxygen atoms in total. The van der Waals surface area contributed by atoms with E-state index in [0.717, 1.165) is 19.5 Å². The smallest absolute Gasteiger partial charge is 0.0623 e. The monoisotopic (exact) mass is 242 g/mol. The second-order valence-corrected chi connectivity index (χ2v) is 5.69. The summed E-state index contributed by atoms with van der Waals surface area (Å²) in [6, 6.07) is 0. The van der Waals surface area contributed by atoms with Crippen molar-refractivity contribution in [2.75, 3.05) is 32.8 Å². The maximum absolute atomic E-state index is 9.58. The molecular formula is C14H30N2O. The lowest BCUT2D eigenvalue weighted by Crippen LogP contribution is -2.54. The van der Waals surface area contributed by atoms with Gasteiger partial charge in [0, 0.05) is 6.54 Å². The van der Waals surface area contributed by atoms with Gasteiger partial charge in [0.15, 0.2) is 0 Å². The fourth-order valence-electron chi connectivity index (χ4n) is 2.55. The van der Waals surface area contributed by atoms with Crippen molar-refractivity contribution in [2.45, 2.75) is 57.9 Å². The summed E-state index contributed by atoms with van der Waals surface area (Å²) in [5, 5.41) is 13.1. The lowest BCUT2D eigenvalue weighted by molar-refractivity contribution is 0.115. The number of aliphatic hydroxyl groups excluding tert-OH is 1. The molecule has 17 heavy (non-hydrogen) atoms. The van der Waals surface area contributed by atoms with E-state index in [-0.39, 0.29) is 12.1 Å². The second kappa shape index (κ2) is 8.06. The van der Waals surface area contributed by atoms with Crippen LogP contribution in [0.25, 0.3) is 0 Å². The Morgan fingerprint density at radius 1 is 1.12 bits per heavy atom. The molecule has 0 aliphatic carbocycles. The molecule has 102 valence electrons. The Morgan fingerprint density at radius 3 is 2.24 bits per heavy atom. The van der Waals surface area contributed by atoms with Gasteiger partial charge < -0.3 is 15.3 Å². The third-order valence-electron chi connectivity index (χ3n) is 3.67. The van der Waals surface area contributed by atoms with Gasteiger partial charge in [0.25, 0.3) is 0 Å². The first-order valence-corrected chi connectivity index (χ1v) is 7.28. The Kier molecular flexibility index (Phi) is 7.09. The van der Waals surface area contributed by atoms with Crippen molar-refractivity contribution in [3.8, 4) is 0 Å². The van der Waals surface area contributed by atoms with E-state index in [0.29, 0.717) is 0 Å². The van der Waals surface area contributed by atoms with Crippen molar-refractivity contribution in [1.29, 1.82) is 0 Å². The Bertz CT molecular complexity index is 191. The van der Waals surface area contributed by atoms with Gasteiger partial charge in [-0.3, -0.25) is 0 Å². The van der Waals surface area contributed by atoms with Gasteiger partial charge in [-0.05, 0) is 45.8 Å². The van der Waals surface area contributed by atoms with Gasteiger partial charge >= 0.3 is 0 Å². The van der Waals surface area contributed by atoms with Crippen LogP contribution in [-0.4, -0.2) is 48.3 Å². The zero-order valence-electron chi connectivity index (χ0n) is 11.7. The molecule has 1 saturated heterocycles. The molecule has 1 aliphatic rings. The molecule has 0 aromatic rings. The molecule has 1 aliphatic heterocycles. The summed E-state index contributed by atoms with van der Waals surface area (Å²) in [4.78, 5) is 2.53. The minimum Gasteiger partial charge on any atom is -0.394 e. The van der Waals surface area contributed by atoms with Crippen LogP contribution in [0.1, 0.15) is 52.4 Å². The Labute approximate surface area is 107 Å². The fraction of sp³-hybridized carbons (Fsp3) is 1.00. The minimum absolute atomic E-state index is 0.130. The first-order valence-electron chi connectivity index (χ1n) is 7.28. The van der Waals surface area contributed by atoms with E-state index in [1.165, 1.54) is 45.2 Å². The molecule has 3 heteroatoms. The summed E-state index contributed by atoms with van der Waals surface area (Å²) in [5.74, 6) is 0. The van der Waals surface area contributed by atoms with Gasteiger partial charge in [0.1, 0.15) is 0 Å². The third-order valence-corrected chi connectivity index (χ3v) is 3.67. The van der Waals surface area contributed by atoms with Crippen molar-refractivity contribution in [3.05, 3.63) is 0 Å². The predicted molar refractivity (Wildman–Crippen MR) is 73.3 cm³/mol. The van der Waals surface area contributed by atoms with E-state index in [9.17, 15) is 5.11 Å². The quantitative estimate of drug-likeness (QED) is 0.748. The molecule has 1 fully saturated rings. The Hall–Kier alpha value is -0.120. The standard InChI is InChI=1S/C14H30N2O/c1-3-9-15-14(2,13-17)12-16-10-7-5-4-6-8-11-16/h15,17H,3-13H2,1-2H3. The van der Waals surface area contributed by atoms with Crippen LogP contribution in [0.4, 0.5) is 0 Å². The first kappa shape index (κ1) is 14.9. The van der Waals surface area contributed by atoms with Crippen LogP contribution in [0.2, 0.25) is 0 Å². The van der Waals surface area contributed by atoms with Crippen LogP contribution in [0.3, 0.4) is 0 Å². The zero-order valence-corrected chi connectivity index (χ0v) is 11.7. The summed E-state index contributed by atoms with van der Waals surface area (Å²) >= 11 is 0. The number of nitrogens with one attached hydrogen (secondary N) is 1. The summed E-state index contributed by atoms with van der Waals surface area (Å²) in [6.45, 7) is 8.90. The maximum atomic E-state index is 9.58. The molecule has 0 saturated carbocycles. The Balaban J connectivity index is 2.40. The van der Waals surface area contributed by atoms with Crippen LogP contribution in [-0.2, 0) is 0 Å². The molecule has 0 radical (unpaired) electrons. The first-order chi connectivity index (χ1) is 8.20. The van der Waals surface area contributed by atoms with Crippen LogP contribution >= 0.6 is 0 Å². The number of hydrogen-bond acceptors (Lipinski definition) is 3. The fourth-order valence-corrected chi connectivity index (χ4v) is 2.55. The predicted octanol–water partition coefficient (Wildman–Crippen LogP) is 2.00. The van der Waals surface area contributed by atoms with Crippen molar-refractivity contribution in [3.63, 3.8) is 0 Å². The summed E-state index contributed by atoms with van der Waals surface area (Å²) < 4.78 is 0. The van der Waals surface area contributed by atoms with Gasteiger partial charge in [-0.25, -0.2) is 0 Å². The molecule has 1 rings (SSSR count). The number of likely N-dealkylation sites (tertiary alicyclic amines) is 1. The van der Waals surface area contributed by atoms with E-state index < -0.39 is 0 Å². The zero-order chi connectivity index (χ0) is 12.6. The van der Waals surface area contributed by atoms with Crippen LogP contribution in [0, 0.1) is 0 Å². The topological polar surface area (TPSA) is 35.5 Å². The van der Waals surface area contributed by atoms with Gasteiger partial charge in [-0.1, -0.05) is 26.2 Å². The molecule has 0 bridgehead atoms. The highest BCUT2D eigenvalue weighted by Crippen LogP contribution is 2.13. The number of rotatable bonds is 6. The third kappa shape index (κ3) is 5.84. The second-order valence-electron chi connectivity index (χ2n) is 5.69. The minimum atomic E-state index is -0.130. The molecule has 0 aromatic carbocycles. The SMILES string of the molecule is CCCNC(C)(CO)CN1CCCCCCC1. The highest BCUT2D eigenvalue weighted by atomic mass is 16.3. The van der Waals surface area contributed by atoms with Crippen molar-refractivity contribution >= 4 is 0 Å². The lowest BCUT2D eigenvalue weighted by atomic mass is 10.0. The number of nitrogens with zero attached hydrogens (tertiary/aromatic N) is 1. The molecule has 1 atom stereocenters. The van der Waals surface area contributed by atoms with Crippen LogP contribution < -0.4 is 5.32 Å². The normalized spacial score (nSPS) is 22.8. The van der Waals surface area contributed by atoms with E-state index >= 15 is 0 Å². The highest BCUT2D eigenvalue weighted by molar-refractivity contribution is 4.86. The van der Waals surface area contributed by atoms with Gasteiger partial charge in [-0.15, -0.1) is 0 Å². The molecule has 0 amide bonds. The van der Waals surface area contributed by atoms with E-state index in [1.54, 1.807) is 0 Å².